The number of alkyl halides is 3. The second kappa shape index (κ2) is 15.5. The summed E-state index contributed by atoms with van der Waals surface area (Å²) in [7, 11) is 0. The fourth-order valence-electron chi connectivity index (χ4n) is 4.23. The number of carbonyl (C=O) groups excluding carboxylic acids is 2. The summed E-state index contributed by atoms with van der Waals surface area (Å²) in [6.45, 7) is 6.09. The number of carbonyl (C=O) groups is 2. The number of ether oxygens (including phenoxy) is 3. The standard InChI is InChI=1S/C31H31F4N5O5S/c1-4-43-24-14-19(15-25(44-5-2)28(24)45-6-3)29(42)36-17-26-38-39-30(40(26)23-9-7-8-20(16-23)31(33,34)35)46-18-27(41)37-22-12-10-21(32)11-13-22/h7-16H,4-6,17-18H2,1-3H3,(H,36,42)(H,37,41). The maximum atomic E-state index is 13.6. The Bertz CT molecular complexity index is 1640. The van der Waals surface area contributed by atoms with E-state index in [4.69, 9.17) is 14.2 Å². The molecular formula is C31H31F4N5O5S. The van der Waals surface area contributed by atoms with Crippen molar-refractivity contribution >= 4 is 29.3 Å². The first kappa shape index (κ1) is 34.1. The molecule has 10 nitrogen and oxygen atoms in total. The van der Waals surface area contributed by atoms with E-state index in [1.165, 1.54) is 53.1 Å². The second-order valence-corrected chi connectivity index (χ2v) is 10.4. The Labute approximate surface area is 266 Å². The number of hydrogen-bond acceptors (Lipinski definition) is 8. The van der Waals surface area contributed by atoms with Gasteiger partial charge in [-0.2, -0.15) is 13.2 Å². The maximum absolute atomic E-state index is 13.6. The largest absolute Gasteiger partial charge is 0.490 e. The number of benzene rings is 3. The first-order valence-corrected chi connectivity index (χ1v) is 15.2. The van der Waals surface area contributed by atoms with E-state index in [0.29, 0.717) is 42.8 Å². The van der Waals surface area contributed by atoms with Crippen molar-refractivity contribution in [3.63, 3.8) is 0 Å². The molecule has 4 rings (SSSR count). The van der Waals surface area contributed by atoms with Gasteiger partial charge in [0, 0.05) is 11.3 Å². The zero-order valence-corrected chi connectivity index (χ0v) is 25.9. The molecule has 0 aliphatic rings. The van der Waals surface area contributed by atoms with E-state index in [1.807, 2.05) is 0 Å². The van der Waals surface area contributed by atoms with Crippen LogP contribution in [-0.2, 0) is 17.5 Å². The van der Waals surface area contributed by atoms with Crippen molar-refractivity contribution in [3.8, 4) is 22.9 Å². The van der Waals surface area contributed by atoms with Gasteiger partial charge in [0.25, 0.3) is 5.91 Å². The van der Waals surface area contributed by atoms with E-state index in [0.717, 1.165) is 23.9 Å². The zero-order valence-electron chi connectivity index (χ0n) is 25.1. The monoisotopic (exact) mass is 661 g/mol. The second-order valence-electron chi connectivity index (χ2n) is 9.41. The van der Waals surface area contributed by atoms with Crippen LogP contribution in [0.5, 0.6) is 17.2 Å². The highest BCUT2D eigenvalue weighted by Crippen LogP contribution is 2.39. The summed E-state index contributed by atoms with van der Waals surface area (Å²) in [4.78, 5) is 25.9. The molecule has 0 aliphatic carbocycles. The molecule has 2 amide bonds. The minimum atomic E-state index is -4.62. The third-order valence-electron chi connectivity index (χ3n) is 6.17. The number of aromatic nitrogens is 3. The summed E-state index contributed by atoms with van der Waals surface area (Å²) in [5.74, 6) is -0.573. The summed E-state index contributed by atoms with van der Waals surface area (Å²) in [6.07, 6.45) is -4.62. The van der Waals surface area contributed by atoms with Gasteiger partial charge in [0.1, 0.15) is 5.82 Å². The number of thioether (sulfide) groups is 1. The third kappa shape index (κ3) is 8.68. The average Bonchev–Trinajstić information content (AvgIpc) is 3.44. The lowest BCUT2D eigenvalue weighted by molar-refractivity contribution is -0.137. The maximum Gasteiger partial charge on any atom is 0.416 e. The topological polar surface area (TPSA) is 117 Å². The Morgan fingerprint density at radius 2 is 1.54 bits per heavy atom. The van der Waals surface area contributed by atoms with Gasteiger partial charge < -0.3 is 24.8 Å². The fourth-order valence-corrected chi connectivity index (χ4v) is 5.00. The smallest absolute Gasteiger partial charge is 0.416 e. The number of nitrogens with zero attached hydrogens (tertiary/aromatic N) is 3. The molecule has 0 unspecified atom stereocenters. The van der Waals surface area contributed by atoms with Crippen LogP contribution in [0.2, 0.25) is 0 Å². The van der Waals surface area contributed by atoms with Crippen LogP contribution in [-0.4, -0.2) is 52.2 Å². The lowest BCUT2D eigenvalue weighted by Gasteiger charge is -2.17. The zero-order chi connectivity index (χ0) is 33.3. The first-order valence-electron chi connectivity index (χ1n) is 14.2. The minimum Gasteiger partial charge on any atom is -0.490 e. The van der Waals surface area contributed by atoms with Gasteiger partial charge in [-0.25, -0.2) is 4.39 Å². The molecule has 0 saturated carbocycles. The van der Waals surface area contributed by atoms with Crippen molar-refractivity contribution < 1.29 is 41.4 Å². The summed E-state index contributed by atoms with van der Waals surface area (Å²) < 4.78 is 72.3. The highest BCUT2D eigenvalue weighted by molar-refractivity contribution is 7.99. The molecule has 0 atom stereocenters. The van der Waals surface area contributed by atoms with Crippen LogP contribution in [0.4, 0.5) is 23.2 Å². The molecule has 0 saturated heterocycles. The fraction of sp³-hybridized carbons (Fsp3) is 0.290. The number of halogens is 4. The van der Waals surface area contributed by atoms with Gasteiger partial charge in [0.15, 0.2) is 22.5 Å². The summed E-state index contributed by atoms with van der Waals surface area (Å²) in [5, 5.41) is 13.6. The number of amides is 2. The number of hydrogen-bond donors (Lipinski definition) is 2. The highest BCUT2D eigenvalue weighted by atomic mass is 32.2. The molecule has 46 heavy (non-hydrogen) atoms. The molecule has 1 aromatic heterocycles. The quantitative estimate of drug-likeness (QED) is 0.120. The van der Waals surface area contributed by atoms with Gasteiger partial charge >= 0.3 is 6.18 Å². The van der Waals surface area contributed by atoms with Crippen molar-refractivity contribution in [2.75, 3.05) is 30.9 Å². The summed E-state index contributed by atoms with van der Waals surface area (Å²) in [6, 6.07) is 12.7. The molecule has 0 spiro atoms. The van der Waals surface area contributed by atoms with Gasteiger partial charge in [0.05, 0.1) is 43.4 Å². The number of anilines is 1. The normalized spacial score (nSPS) is 11.2. The van der Waals surface area contributed by atoms with E-state index in [1.54, 1.807) is 20.8 Å². The van der Waals surface area contributed by atoms with Gasteiger partial charge in [-0.15, -0.1) is 10.2 Å². The summed E-state index contributed by atoms with van der Waals surface area (Å²) in [5.41, 5.74) is -0.277. The highest BCUT2D eigenvalue weighted by Gasteiger charge is 2.31. The molecule has 0 fully saturated rings. The van der Waals surface area contributed by atoms with Crippen molar-refractivity contribution in [3.05, 3.63) is 83.4 Å². The SMILES string of the molecule is CCOc1cc(C(=O)NCc2nnc(SCC(=O)Nc3ccc(F)cc3)n2-c2cccc(C(F)(F)F)c2)cc(OCC)c1OCC. The van der Waals surface area contributed by atoms with E-state index in [2.05, 4.69) is 20.8 Å². The van der Waals surface area contributed by atoms with Crippen LogP contribution in [0.15, 0.2) is 65.8 Å². The summed E-state index contributed by atoms with van der Waals surface area (Å²) >= 11 is 0.921. The predicted molar refractivity (Wildman–Crippen MR) is 163 cm³/mol. The molecule has 244 valence electrons. The lowest BCUT2D eigenvalue weighted by Crippen LogP contribution is -2.25. The Kier molecular flexibility index (Phi) is 11.5. The predicted octanol–water partition coefficient (Wildman–Crippen LogP) is 6.28. The Balaban J connectivity index is 1.60. The molecular weight excluding hydrogens is 630 g/mol. The van der Waals surface area contributed by atoms with Crippen molar-refractivity contribution in [2.45, 2.75) is 38.6 Å². The molecule has 0 aliphatic heterocycles. The molecule has 15 heteroatoms. The van der Waals surface area contributed by atoms with Gasteiger partial charge in [-0.3, -0.25) is 14.2 Å². The van der Waals surface area contributed by atoms with Crippen molar-refractivity contribution in [1.82, 2.24) is 20.1 Å². The van der Waals surface area contributed by atoms with E-state index >= 15 is 0 Å². The molecule has 0 bridgehead atoms. The average molecular weight is 662 g/mol. The van der Waals surface area contributed by atoms with E-state index < -0.39 is 29.4 Å². The van der Waals surface area contributed by atoms with Crippen LogP contribution in [0, 0.1) is 5.82 Å². The first-order chi connectivity index (χ1) is 22.0. The number of rotatable bonds is 14. The van der Waals surface area contributed by atoms with Crippen LogP contribution in [0.25, 0.3) is 5.69 Å². The van der Waals surface area contributed by atoms with Gasteiger partial charge in [-0.1, -0.05) is 17.8 Å². The van der Waals surface area contributed by atoms with E-state index in [9.17, 15) is 27.2 Å². The van der Waals surface area contributed by atoms with Crippen molar-refractivity contribution in [2.24, 2.45) is 0 Å². The van der Waals surface area contributed by atoms with Crippen LogP contribution in [0.3, 0.4) is 0 Å². The van der Waals surface area contributed by atoms with Crippen LogP contribution < -0.4 is 24.8 Å². The Morgan fingerprint density at radius 3 is 2.15 bits per heavy atom. The third-order valence-corrected chi connectivity index (χ3v) is 7.10. The molecule has 0 radical (unpaired) electrons. The molecule has 1 heterocycles. The van der Waals surface area contributed by atoms with Gasteiger partial charge in [0.2, 0.25) is 11.7 Å². The number of nitrogens with one attached hydrogen (secondary N) is 2. The van der Waals surface area contributed by atoms with E-state index in [-0.39, 0.29) is 34.5 Å². The Hall–Kier alpha value is -4.79. The molecule has 4 aromatic rings. The lowest BCUT2D eigenvalue weighted by atomic mass is 10.1. The van der Waals surface area contributed by atoms with Crippen molar-refractivity contribution in [1.29, 1.82) is 0 Å². The molecule has 3 aromatic carbocycles. The van der Waals surface area contributed by atoms with Gasteiger partial charge in [-0.05, 0) is 75.4 Å². The Morgan fingerprint density at radius 1 is 0.891 bits per heavy atom. The van der Waals surface area contributed by atoms with Crippen LogP contribution in [0.1, 0.15) is 42.5 Å². The minimum absolute atomic E-state index is 0.0730. The van der Waals surface area contributed by atoms with Crippen LogP contribution >= 0.6 is 11.8 Å². The molecule has 2 N–H and O–H groups in total.